The number of nitrogens with zero attached hydrogens (tertiary/aromatic N) is 3. The van der Waals surface area contributed by atoms with Crippen LogP contribution in [0.3, 0.4) is 0 Å². The van der Waals surface area contributed by atoms with Crippen molar-refractivity contribution in [3.05, 3.63) is 12.2 Å². The molecule has 0 saturated heterocycles. The van der Waals surface area contributed by atoms with Crippen molar-refractivity contribution in [2.24, 2.45) is 0 Å². The molecule has 92 valence electrons. The molecule has 0 fully saturated rings. The molecule has 6 heteroatoms. The van der Waals surface area contributed by atoms with E-state index in [0.717, 1.165) is 18.8 Å². The molecule has 0 radical (unpaired) electrons. The zero-order valence-corrected chi connectivity index (χ0v) is 11.0. The highest BCUT2D eigenvalue weighted by Gasteiger charge is 2.07. The summed E-state index contributed by atoms with van der Waals surface area (Å²) in [5.41, 5.74) is 0. The van der Waals surface area contributed by atoms with Crippen LogP contribution < -0.4 is 5.32 Å². The van der Waals surface area contributed by atoms with Gasteiger partial charge >= 0.3 is 0 Å². The topological polar surface area (TPSA) is 59.8 Å². The van der Waals surface area contributed by atoms with Crippen LogP contribution in [0.15, 0.2) is 6.33 Å². The Morgan fingerprint density at radius 3 is 3.00 bits per heavy atom. The maximum atomic E-state index is 11.0. The van der Waals surface area contributed by atoms with Crippen LogP contribution in [0, 0.1) is 0 Å². The smallest absolute Gasteiger partial charge is 0.140 e. The molecule has 1 aromatic heterocycles. The van der Waals surface area contributed by atoms with E-state index in [1.165, 1.54) is 0 Å². The molecule has 0 aromatic carbocycles. The van der Waals surface area contributed by atoms with Crippen molar-refractivity contribution in [1.29, 1.82) is 0 Å². The van der Waals surface area contributed by atoms with Crippen LogP contribution in [0.1, 0.15) is 26.1 Å². The van der Waals surface area contributed by atoms with E-state index in [9.17, 15) is 4.21 Å². The average molecular weight is 244 g/mol. The van der Waals surface area contributed by atoms with E-state index < -0.39 is 10.8 Å². The first kappa shape index (κ1) is 13.3. The second-order valence-corrected chi connectivity index (χ2v) is 5.40. The van der Waals surface area contributed by atoms with Crippen molar-refractivity contribution in [3.63, 3.8) is 0 Å². The van der Waals surface area contributed by atoms with Crippen molar-refractivity contribution in [2.45, 2.75) is 39.4 Å². The maximum Gasteiger partial charge on any atom is 0.140 e. The lowest BCUT2D eigenvalue weighted by molar-refractivity contribution is 0.517. The van der Waals surface area contributed by atoms with Crippen LogP contribution in [-0.4, -0.2) is 37.0 Å². The maximum absolute atomic E-state index is 11.0. The largest absolute Gasteiger partial charge is 0.306 e. The van der Waals surface area contributed by atoms with Gasteiger partial charge in [-0.05, 0) is 13.3 Å². The Kier molecular flexibility index (Phi) is 5.62. The van der Waals surface area contributed by atoms with Gasteiger partial charge < -0.3 is 5.32 Å². The molecule has 2 atom stereocenters. The molecule has 1 N–H and O–H groups in total. The summed E-state index contributed by atoms with van der Waals surface area (Å²) in [6.07, 6.45) is 4.35. The molecule has 1 heterocycles. The zero-order chi connectivity index (χ0) is 12.0. The summed E-state index contributed by atoms with van der Waals surface area (Å²) < 4.78 is 12.9. The molecule has 0 amide bonds. The molecule has 0 aliphatic heterocycles. The molecule has 16 heavy (non-hydrogen) atoms. The third-order valence-electron chi connectivity index (χ3n) is 2.22. The van der Waals surface area contributed by atoms with E-state index in [1.54, 1.807) is 12.6 Å². The quantitative estimate of drug-likeness (QED) is 0.761. The molecule has 0 spiro atoms. The zero-order valence-electron chi connectivity index (χ0n) is 10.1. The Morgan fingerprint density at radius 2 is 2.38 bits per heavy atom. The van der Waals surface area contributed by atoms with Crippen molar-refractivity contribution >= 4 is 10.8 Å². The first-order chi connectivity index (χ1) is 7.63. The Hall–Kier alpha value is -0.750. The van der Waals surface area contributed by atoms with E-state index in [2.05, 4.69) is 22.3 Å². The Morgan fingerprint density at radius 1 is 1.62 bits per heavy atom. The van der Waals surface area contributed by atoms with Crippen molar-refractivity contribution in [3.8, 4) is 0 Å². The highest BCUT2D eigenvalue weighted by atomic mass is 32.2. The third-order valence-corrected chi connectivity index (χ3v) is 3.19. The van der Waals surface area contributed by atoms with E-state index in [0.29, 0.717) is 12.3 Å². The highest BCUT2D eigenvalue weighted by molar-refractivity contribution is 7.84. The number of aryl methyl sites for hydroxylation is 1. The van der Waals surface area contributed by atoms with Gasteiger partial charge in [0, 0.05) is 35.4 Å². The Labute approximate surface area is 99.1 Å². The minimum absolute atomic E-state index is 0.234. The molecule has 0 bridgehead atoms. The van der Waals surface area contributed by atoms with Gasteiger partial charge in [-0.25, -0.2) is 9.67 Å². The molecule has 0 aliphatic rings. The van der Waals surface area contributed by atoms with Gasteiger partial charge in [0.15, 0.2) is 0 Å². The molecule has 0 saturated carbocycles. The Balaban J connectivity index is 2.41. The summed E-state index contributed by atoms with van der Waals surface area (Å²) in [5.74, 6) is 1.61. The molecular weight excluding hydrogens is 224 g/mol. The predicted molar refractivity (Wildman–Crippen MR) is 65.5 cm³/mol. The first-order valence-electron chi connectivity index (χ1n) is 5.53. The number of nitrogens with one attached hydrogen (secondary N) is 1. The van der Waals surface area contributed by atoms with Gasteiger partial charge in [0.25, 0.3) is 0 Å². The van der Waals surface area contributed by atoms with Crippen molar-refractivity contribution < 1.29 is 4.21 Å². The number of hydrogen-bond acceptors (Lipinski definition) is 4. The molecule has 2 unspecified atom stereocenters. The van der Waals surface area contributed by atoms with Crippen LogP contribution in [-0.2, 0) is 23.9 Å². The van der Waals surface area contributed by atoms with Crippen molar-refractivity contribution in [2.75, 3.05) is 12.0 Å². The predicted octanol–water partition coefficient (Wildman–Crippen LogP) is 0.545. The third kappa shape index (κ3) is 4.40. The van der Waals surface area contributed by atoms with Crippen LogP contribution in [0.4, 0.5) is 0 Å². The first-order valence-corrected chi connectivity index (χ1v) is 7.26. The minimum atomic E-state index is -0.758. The molecule has 1 aromatic rings. The fraction of sp³-hybridized carbons (Fsp3) is 0.800. The van der Waals surface area contributed by atoms with Gasteiger partial charge in [-0.2, -0.15) is 5.10 Å². The second kappa shape index (κ2) is 6.75. The lowest BCUT2D eigenvalue weighted by Crippen LogP contribution is -2.31. The van der Waals surface area contributed by atoms with Gasteiger partial charge in [-0.15, -0.1) is 0 Å². The molecule has 1 rings (SSSR count). The van der Waals surface area contributed by atoms with Crippen LogP contribution in [0.2, 0.25) is 0 Å². The lowest BCUT2D eigenvalue weighted by Gasteiger charge is -2.12. The van der Waals surface area contributed by atoms with Crippen LogP contribution in [0.5, 0.6) is 0 Å². The van der Waals surface area contributed by atoms with E-state index in [1.807, 2.05) is 11.6 Å². The summed E-state index contributed by atoms with van der Waals surface area (Å²) in [6.45, 7) is 5.72. The average Bonchev–Trinajstić information content (AvgIpc) is 2.62. The molecule has 0 aliphatic carbocycles. The number of rotatable bonds is 7. The fourth-order valence-electron chi connectivity index (χ4n) is 1.50. The van der Waals surface area contributed by atoms with E-state index in [4.69, 9.17) is 0 Å². The highest BCUT2D eigenvalue weighted by Crippen LogP contribution is 1.97. The summed E-state index contributed by atoms with van der Waals surface area (Å²) in [7, 11) is -0.758. The van der Waals surface area contributed by atoms with Crippen LogP contribution in [0.25, 0.3) is 0 Å². The summed E-state index contributed by atoms with van der Waals surface area (Å²) in [6, 6.07) is 0.234. The summed E-state index contributed by atoms with van der Waals surface area (Å²) >= 11 is 0. The van der Waals surface area contributed by atoms with Crippen molar-refractivity contribution in [1.82, 2.24) is 20.1 Å². The fourth-order valence-corrected chi connectivity index (χ4v) is 2.32. The van der Waals surface area contributed by atoms with E-state index >= 15 is 0 Å². The number of hydrogen-bond donors (Lipinski definition) is 1. The monoisotopic (exact) mass is 244 g/mol. The minimum Gasteiger partial charge on any atom is -0.306 e. The summed E-state index contributed by atoms with van der Waals surface area (Å²) in [5, 5.41) is 7.45. The number of aromatic nitrogens is 3. The van der Waals surface area contributed by atoms with Gasteiger partial charge in [0.2, 0.25) is 0 Å². The molecule has 5 nitrogen and oxygen atoms in total. The molecular formula is C10H20N4OS. The standard InChI is InChI=1S/C10H20N4OS/c1-4-5-14-10(12-8-13-14)6-11-9(2)7-16(3)15/h8-9,11H,4-7H2,1-3H3. The second-order valence-electron chi connectivity index (χ2n) is 3.92. The van der Waals surface area contributed by atoms with Gasteiger partial charge in [0.05, 0.1) is 6.54 Å². The summed E-state index contributed by atoms with van der Waals surface area (Å²) in [4.78, 5) is 4.20. The van der Waals surface area contributed by atoms with Crippen LogP contribution >= 0.6 is 0 Å². The SMILES string of the molecule is CCCn1ncnc1CNC(C)CS(C)=O. The van der Waals surface area contributed by atoms with Gasteiger partial charge in [-0.3, -0.25) is 4.21 Å². The van der Waals surface area contributed by atoms with E-state index in [-0.39, 0.29) is 6.04 Å². The normalized spacial score (nSPS) is 14.9. The lowest BCUT2D eigenvalue weighted by atomic mass is 10.4. The van der Waals surface area contributed by atoms with Gasteiger partial charge in [-0.1, -0.05) is 6.92 Å². The Bertz CT molecular complexity index is 339. The van der Waals surface area contributed by atoms with Gasteiger partial charge in [0.1, 0.15) is 12.2 Å².